The number of aromatic nitrogens is 1. The molecular formula is C27H24N2O4. The molecule has 2 atom stereocenters. The number of ether oxygens (including phenoxy) is 2. The van der Waals surface area contributed by atoms with Crippen LogP contribution in [-0.2, 0) is 4.74 Å². The number of aliphatic hydroxyl groups is 1. The minimum atomic E-state index is -1.25. The Morgan fingerprint density at radius 2 is 1.82 bits per heavy atom. The van der Waals surface area contributed by atoms with E-state index in [1.54, 1.807) is 25.3 Å². The molecule has 0 amide bonds. The van der Waals surface area contributed by atoms with Gasteiger partial charge in [-0.2, -0.15) is 5.26 Å². The number of benzene rings is 2. The van der Waals surface area contributed by atoms with E-state index in [9.17, 15) is 10.4 Å². The van der Waals surface area contributed by atoms with Crippen molar-refractivity contribution < 1.29 is 19.0 Å². The minimum Gasteiger partial charge on any atom is -0.464 e. The highest BCUT2D eigenvalue weighted by Gasteiger charge is 2.27. The molecule has 2 aromatic carbocycles. The van der Waals surface area contributed by atoms with Gasteiger partial charge in [0.1, 0.15) is 17.4 Å². The lowest BCUT2D eigenvalue weighted by Gasteiger charge is -2.25. The number of furan rings is 1. The molecule has 1 N–H and O–H groups in total. The maximum Gasteiger partial charge on any atom is 0.233 e. The van der Waals surface area contributed by atoms with Crippen molar-refractivity contribution in [1.82, 2.24) is 4.98 Å². The Hall–Kier alpha value is -3.92. The summed E-state index contributed by atoms with van der Waals surface area (Å²) in [6.45, 7) is 4.10. The highest BCUT2D eigenvalue weighted by molar-refractivity contribution is 5.75. The Morgan fingerprint density at radius 1 is 1.06 bits per heavy atom. The van der Waals surface area contributed by atoms with E-state index >= 15 is 0 Å². The topological polar surface area (TPSA) is 88.5 Å². The van der Waals surface area contributed by atoms with Crippen LogP contribution in [0.25, 0.3) is 22.6 Å². The number of nitriles is 1. The van der Waals surface area contributed by atoms with Gasteiger partial charge < -0.3 is 19.0 Å². The number of pyridine rings is 1. The van der Waals surface area contributed by atoms with Crippen LogP contribution in [0, 0.1) is 18.3 Å². The molecule has 0 aliphatic rings. The Bertz CT molecular complexity index is 1230. The molecule has 6 heteroatoms. The van der Waals surface area contributed by atoms with Crippen LogP contribution >= 0.6 is 0 Å². The first-order valence-corrected chi connectivity index (χ1v) is 10.7. The molecule has 0 fully saturated rings. The summed E-state index contributed by atoms with van der Waals surface area (Å²) >= 11 is 0. The van der Waals surface area contributed by atoms with Crippen molar-refractivity contribution in [3.05, 3.63) is 95.7 Å². The summed E-state index contributed by atoms with van der Waals surface area (Å²) in [6, 6.07) is 24.7. The van der Waals surface area contributed by atoms with Crippen LogP contribution in [0.1, 0.15) is 29.7 Å². The lowest BCUT2D eigenvalue weighted by Crippen LogP contribution is -2.27. The van der Waals surface area contributed by atoms with Crippen molar-refractivity contribution >= 4 is 0 Å². The third-order valence-electron chi connectivity index (χ3n) is 5.20. The van der Waals surface area contributed by atoms with E-state index in [-0.39, 0.29) is 11.4 Å². The molecule has 6 nitrogen and oxygen atoms in total. The van der Waals surface area contributed by atoms with Crippen molar-refractivity contribution in [2.24, 2.45) is 0 Å². The smallest absolute Gasteiger partial charge is 0.233 e. The molecule has 0 aliphatic heterocycles. The van der Waals surface area contributed by atoms with Gasteiger partial charge in [0, 0.05) is 17.7 Å². The first-order chi connectivity index (χ1) is 16.1. The minimum absolute atomic E-state index is 0.0922. The Morgan fingerprint density at radius 3 is 2.45 bits per heavy atom. The fourth-order valence-electron chi connectivity index (χ4n) is 3.53. The molecule has 0 saturated carbocycles. The van der Waals surface area contributed by atoms with Crippen LogP contribution in [0.3, 0.4) is 0 Å². The Kier molecular flexibility index (Phi) is 6.84. The summed E-state index contributed by atoms with van der Waals surface area (Å²) in [6.07, 6.45) is -0.585. The van der Waals surface area contributed by atoms with Gasteiger partial charge in [-0.15, -0.1) is 0 Å². The summed E-state index contributed by atoms with van der Waals surface area (Å²) in [5.41, 5.74) is 4.08. The molecule has 0 radical (unpaired) electrons. The zero-order valence-electron chi connectivity index (χ0n) is 18.4. The van der Waals surface area contributed by atoms with Crippen molar-refractivity contribution in [2.75, 3.05) is 6.61 Å². The van der Waals surface area contributed by atoms with Crippen molar-refractivity contribution in [2.45, 2.75) is 26.2 Å². The Balaban J connectivity index is 1.86. The first kappa shape index (κ1) is 22.3. The van der Waals surface area contributed by atoms with E-state index in [2.05, 4.69) is 11.1 Å². The van der Waals surface area contributed by atoms with Gasteiger partial charge in [-0.05, 0) is 37.6 Å². The third kappa shape index (κ3) is 4.96. The van der Waals surface area contributed by atoms with Crippen LogP contribution in [0.5, 0.6) is 5.88 Å². The van der Waals surface area contributed by atoms with E-state index in [1.165, 1.54) is 0 Å². The highest BCUT2D eigenvalue weighted by atomic mass is 16.6. The summed E-state index contributed by atoms with van der Waals surface area (Å²) in [5, 5.41) is 20.7. The zero-order chi connectivity index (χ0) is 23.2. The second-order valence-corrected chi connectivity index (χ2v) is 7.49. The molecule has 4 rings (SSSR count). The first-order valence-electron chi connectivity index (χ1n) is 10.7. The molecule has 2 aromatic heterocycles. The van der Waals surface area contributed by atoms with E-state index < -0.39 is 12.4 Å². The maximum absolute atomic E-state index is 10.7. The standard InChI is InChI=1S/C27H24N2O4/c1-3-31-27(30)25(20-8-5-4-6-9-20)33-26-22(17-28)21(24-10-7-15-32-24)16-23(29-26)19-13-11-18(2)12-14-19/h4-16,25,27,30H,3H2,1-2H3. The summed E-state index contributed by atoms with van der Waals surface area (Å²) in [5.74, 6) is 0.614. The van der Waals surface area contributed by atoms with Crippen LogP contribution < -0.4 is 4.74 Å². The highest BCUT2D eigenvalue weighted by Crippen LogP contribution is 2.36. The van der Waals surface area contributed by atoms with Gasteiger partial charge in [0.25, 0.3) is 0 Å². The second kappa shape index (κ2) is 10.1. The van der Waals surface area contributed by atoms with Gasteiger partial charge >= 0.3 is 0 Å². The van der Waals surface area contributed by atoms with E-state index in [1.807, 2.05) is 67.6 Å². The van der Waals surface area contributed by atoms with Gasteiger partial charge in [0.2, 0.25) is 5.88 Å². The zero-order valence-corrected chi connectivity index (χ0v) is 18.4. The van der Waals surface area contributed by atoms with Gasteiger partial charge in [-0.25, -0.2) is 4.98 Å². The van der Waals surface area contributed by atoms with Gasteiger partial charge in [-0.1, -0.05) is 60.2 Å². The van der Waals surface area contributed by atoms with E-state index in [0.717, 1.165) is 11.1 Å². The number of hydrogen-bond acceptors (Lipinski definition) is 6. The lowest BCUT2D eigenvalue weighted by molar-refractivity contribution is -0.153. The molecule has 2 unspecified atom stereocenters. The van der Waals surface area contributed by atoms with Crippen LogP contribution in [0.4, 0.5) is 0 Å². The van der Waals surface area contributed by atoms with Crippen LogP contribution in [0.2, 0.25) is 0 Å². The SMILES string of the molecule is CCOC(O)C(Oc1nc(-c2ccc(C)cc2)cc(-c2ccco2)c1C#N)c1ccccc1. The average Bonchev–Trinajstić information content (AvgIpc) is 3.38. The summed E-state index contributed by atoms with van der Waals surface area (Å²) < 4.78 is 17.2. The van der Waals surface area contributed by atoms with Crippen LogP contribution in [-0.4, -0.2) is 23.0 Å². The molecule has 166 valence electrons. The van der Waals surface area contributed by atoms with Crippen molar-refractivity contribution in [1.29, 1.82) is 5.26 Å². The van der Waals surface area contributed by atoms with Gasteiger partial charge in [0.15, 0.2) is 12.4 Å². The van der Waals surface area contributed by atoms with Crippen LogP contribution in [0.15, 0.2) is 83.5 Å². The van der Waals surface area contributed by atoms with Crippen molar-refractivity contribution in [3.8, 4) is 34.5 Å². The predicted octanol–water partition coefficient (Wildman–Crippen LogP) is 5.66. The van der Waals surface area contributed by atoms with Gasteiger partial charge in [-0.3, -0.25) is 0 Å². The molecule has 0 saturated heterocycles. The second-order valence-electron chi connectivity index (χ2n) is 7.49. The summed E-state index contributed by atoms with van der Waals surface area (Å²) in [4.78, 5) is 4.67. The fraction of sp³-hybridized carbons (Fsp3) is 0.185. The number of rotatable bonds is 8. The lowest BCUT2D eigenvalue weighted by atomic mass is 10.0. The average molecular weight is 440 g/mol. The molecule has 33 heavy (non-hydrogen) atoms. The molecule has 4 aromatic rings. The number of aryl methyl sites for hydroxylation is 1. The number of hydrogen-bond donors (Lipinski definition) is 1. The monoisotopic (exact) mass is 440 g/mol. The molecule has 0 spiro atoms. The van der Waals surface area contributed by atoms with E-state index in [4.69, 9.17) is 13.9 Å². The Labute approximate surface area is 192 Å². The predicted molar refractivity (Wildman–Crippen MR) is 124 cm³/mol. The molecule has 2 heterocycles. The number of aliphatic hydroxyl groups excluding tert-OH is 1. The molecule has 0 bridgehead atoms. The van der Waals surface area contributed by atoms with Gasteiger partial charge in [0.05, 0.1) is 12.0 Å². The van der Waals surface area contributed by atoms with E-state index in [0.29, 0.717) is 29.2 Å². The third-order valence-corrected chi connectivity index (χ3v) is 5.20. The molecular weight excluding hydrogens is 416 g/mol. The maximum atomic E-state index is 10.7. The molecule has 0 aliphatic carbocycles. The normalized spacial score (nSPS) is 12.7. The van der Waals surface area contributed by atoms with Crippen molar-refractivity contribution in [3.63, 3.8) is 0 Å². The number of nitrogens with zero attached hydrogens (tertiary/aromatic N) is 2. The summed E-state index contributed by atoms with van der Waals surface area (Å²) in [7, 11) is 0. The quantitative estimate of drug-likeness (QED) is 0.356. The largest absolute Gasteiger partial charge is 0.464 e. The fourth-order valence-corrected chi connectivity index (χ4v) is 3.53.